The van der Waals surface area contributed by atoms with E-state index >= 15 is 0 Å². The van der Waals surface area contributed by atoms with Crippen LogP contribution >= 0.6 is 0 Å². The molecule has 124 valence electrons. The molecule has 0 atom stereocenters. The van der Waals surface area contributed by atoms with Gasteiger partial charge in [-0.15, -0.1) is 0 Å². The van der Waals surface area contributed by atoms with E-state index in [1.807, 2.05) is 64.1 Å². The van der Waals surface area contributed by atoms with Crippen LogP contribution in [0.5, 0.6) is 11.5 Å². The molecule has 0 radical (unpaired) electrons. The lowest BCUT2D eigenvalue weighted by molar-refractivity contribution is 0.465. The van der Waals surface area contributed by atoms with Crippen molar-refractivity contribution in [2.24, 2.45) is 0 Å². The highest BCUT2D eigenvalue weighted by Crippen LogP contribution is 2.38. The molecule has 0 unspecified atom stereocenters. The molecule has 0 aliphatic rings. The highest BCUT2D eigenvalue weighted by molar-refractivity contribution is 5.51. The molecule has 0 aliphatic heterocycles. The smallest absolute Gasteiger partial charge is 0.121 e. The van der Waals surface area contributed by atoms with Gasteiger partial charge in [-0.3, -0.25) is 0 Å². The number of hydrogen-bond acceptors (Lipinski definition) is 3. The van der Waals surface area contributed by atoms with E-state index in [0.717, 1.165) is 39.1 Å². The van der Waals surface area contributed by atoms with Gasteiger partial charge in [0.1, 0.15) is 17.3 Å². The fourth-order valence-electron chi connectivity index (χ4n) is 3.29. The summed E-state index contributed by atoms with van der Waals surface area (Å²) in [6, 6.07) is 11.8. The van der Waals surface area contributed by atoms with Gasteiger partial charge in [0.25, 0.3) is 0 Å². The van der Waals surface area contributed by atoms with Crippen LogP contribution in [0.3, 0.4) is 0 Å². The number of aromatic hydroxyl groups is 2. The zero-order chi connectivity index (χ0) is 17.4. The molecule has 0 amide bonds. The maximum Gasteiger partial charge on any atom is 0.121 e. The number of aryl methyl sites for hydroxylation is 4. The Labute approximate surface area is 142 Å². The number of phenolic OH excluding ortho intramolecular Hbond substituents is 2. The first-order valence-electron chi connectivity index (χ1n) is 8.02. The zero-order valence-corrected chi connectivity index (χ0v) is 14.4. The van der Waals surface area contributed by atoms with Gasteiger partial charge in [-0.25, -0.2) is 0 Å². The van der Waals surface area contributed by atoms with Crippen molar-refractivity contribution < 1.29 is 14.6 Å². The van der Waals surface area contributed by atoms with Crippen LogP contribution in [0.1, 0.15) is 45.1 Å². The van der Waals surface area contributed by atoms with Gasteiger partial charge in [0, 0.05) is 0 Å². The first-order valence-corrected chi connectivity index (χ1v) is 8.02. The van der Waals surface area contributed by atoms with Crippen molar-refractivity contribution in [1.82, 2.24) is 0 Å². The predicted molar refractivity (Wildman–Crippen MR) is 94.8 cm³/mol. The summed E-state index contributed by atoms with van der Waals surface area (Å²) in [5, 5.41) is 20.2. The molecule has 24 heavy (non-hydrogen) atoms. The Balaban J connectivity index is 2.23. The second-order valence-electron chi connectivity index (χ2n) is 6.46. The van der Waals surface area contributed by atoms with Crippen LogP contribution in [0.15, 0.2) is 47.1 Å². The molecule has 3 heteroatoms. The molecule has 0 saturated heterocycles. The fraction of sp³-hybridized carbons (Fsp3) is 0.238. The van der Waals surface area contributed by atoms with E-state index in [1.165, 1.54) is 0 Å². The molecule has 3 aromatic rings. The van der Waals surface area contributed by atoms with Crippen LogP contribution in [0.25, 0.3) is 0 Å². The summed E-state index contributed by atoms with van der Waals surface area (Å²) in [4.78, 5) is 0. The SMILES string of the molecule is Cc1cc(C(c2cc(C)c(O)c(C)c2)c2ccco2)cc(C)c1O. The van der Waals surface area contributed by atoms with E-state index in [0.29, 0.717) is 11.5 Å². The molecule has 1 heterocycles. The first-order chi connectivity index (χ1) is 11.4. The van der Waals surface area contributed by atoms with Crippen molar-refractivity contribution in [2.75, 3.05) is 0 Å². The van der Waals surface area contributed by atoms with Crippen molar-refractivity contribution in [3.05, 3.63) is 81.8 Å². The van der Waals surface area contributed by atoms with Crippen molar-refractivity contribution in [3.63, 3.8) is 0 Å². The topological polar surface area (TPSA) is 53.6 Å². The van der Waals surface area contributed by atoms with Gasteiger partial charge >= 0.3 is 0 Å². The van der Waals surface area contributed by atoms with E-state index < -0.39 is 0 Å². The summed E-state index contributed by atoms with van der Waals surface area (Å²) in [5.74, 6) is 1.41. The van der Waals surface area contributed by atoms with Crippen molar-refractivity contribution in [3.8, 4) is 11.5 Å². The largest absolute Gasteiger partial charge is 0.507 e. The summed E-state index contributed by atoms with van der Waals surface area (Å²) in [6.45, 7) is 7.60. The summed E-state index contributed by atoms with van der Waals surface area (Å²) < 4.78 is 5.70. The van der Waals surface area contributed by atoms with Crippen LogP contribution in [0.4, 0.5) is 0 Å². The van der Waals surface area contributed by atoms with E-state index in [2.05, 4.69) is 0 Å². The molecule has 0 bridgehead atoms. The Morgan fingerprint density at radius 2 is 1.17 bits per heavy atom. The standard InChI is InChI=1S/C21H22O3/c1-12-8-16(9-13(2)20(12)22)19(18-6-5-7-24-18)17-10-14(3)21(23)15(4)11-17/h5-11,19,22-23H,1-4H3. The third-order valence-electron chi connectivity index (χ3n) is 4.52. The average molecular weight is 322 g/mol. The van der Waals surface area contributed by atoms with E-state index in [1.54, 1.807) is 6.26 Å². The number of furan rings is 1. The maximum absolute atomic E-state index is 10.1. The summed E-state index contributed by atoms with van der Waals surface area (Å²) in [6.07, 6.45) is 1.67. The predicted octanol–water partition coefficient (Wildman–Crippen LogP) is 5.10. The van der Waals surface area contributed by atoms with Gasteiger partial charge in [0.2, 0.25) is 0 Å². The lowest BCUT2D eigenvalue weighted by Crippen LogP contribution is -2.04. The van der Waals surface area contributed by atoms with Gasteiger partial charge < -0.3 is 14.6 Å². The molecule has 1 aromatic heterocycles. The van der Waals surface area contributed by atoms with Crippen LogP contribution in [0.2, 0.25) is 0 Å². The number of benzene rings is 2. The summed E-state index contributed by atoms with van der Waals surface area (Å²) in [7, 11) is 0. The van der Waals surface area contributed by atoms with Gasteiger partial charge in [-0.1, -0.05) is 24.3 Å². The minimum absolute atomic E-state index is 0.0870. The second kappa shape index (κ2) is 6.08. The lowest BCUT2D eigenvalue weighted by Gasteiger charge is -2.20. The molecular formula is C21H22O3. The molecule has 0 aliphatic carbocycles. The van der Waals surface area contributed by atoms with Crippen molar-refractivity contribution in [1.29, 1.82) is 0 Å². The molecule has 3 rings (SSSR count). The number of hydrogen-bond donors (Lipinski definition) is 2. The first kappa shape index (κ1) is 16.2. The molecule has 0 saturated carbocycles. The van der Waals surface area contributed by atoms with Gasteiger partial charge in [-0.2, -0.15) is 0 Å². The summed E-state index contributed by atoms with van der Waals surface area (Å²) >= 11 is 0. The molecule has 2 aromatic carbocycles. The Morgan fingerprint density at radius 3 is 1.50 bits per heavy atom. The maximum atomic E-state index is 10.1. The number of rotatable bonds is 3. The molecule has 3 nitrogen and oxygen atoms in total. The zero-order valence-electron chi connectivity index (χ0n) is 14.4. The van der Waals surface area contributed by atoms with Crippen molar-refractivity contribution >= 4 is 0 Å². The third-order valence-corrected chi connectivity index (χ3v) is 4.52. The lowest BCUT2D eigenvalue weighted by atomic mass is 9.85. The molecule has 0 spiro atoms. The summed E-state index contributed by atoms with van der Waals surface area (Å²) in [5.41, 5.74) is 5.48. The monoisotopic (exact) mass is 322 g/mol. The van der Waals surface area contributed by atoms with E-state index in [9.17, 15) is 10.2 Å². The van der Waals surface area contributed by atoms with Crippen LogP contribution in [-0.4, -0.2) is 10.2 Å². The van der Waals surface area contributed by atoms with E-state index in [4.69, 9.17) is 4.42 Å². The van der Waals surface area contributed by atoms with Crippen LogP contribution in [-0.2, 0) is 0 Å². The quantitative estimate of drug-likeness (QED) is 0.705. The van der Waals surface area contributed by atoms with Crippen molar-refractivity contribution in [2.45, 2.75) is 33.6 Å². The Bertz CT molecular complexity index is 773. The Hall–Kier alpha value is -2.68. The molecular weight excluding hydrogens is 300 g/mol. The third kappa shape index (κ3) is 2.78. The average Bonchev–Trinajstić information content (AvgIpc) is 3.04. The minimum Gasteiger partial charge on any atom is -0.507 e. The van der Waals surface area contributed by atoms with Gasteiger partial charge in [0.05, 0.1) is 12.2 Å². The Morgan fingerprint density at radius 1 is 0.750 bits per heavy atom. The normalized spacial score (nSPS) is 11.2. The van der Waals surface area contributed by atoms with E-state index in [-0.39, 0.29) is 5.92 Å². The molecule has 0 fully saturated rings. The highest BCUT2D eigenvalue weighted by atomic mass is 16.3. The van der Waals surface area contributed by atoms with Crippen LogP contribution in [0, 0.1) is 27.7 Å². The van der Waals surface area contributed by atoms with Gasteiger partial charge in [-0.05, 0) is 73.2 Å². The fourth-order valence-corrected chi connectivity index (χ4v) is 3.29. The highest BCUT2D eigenvalue weighted by Gasteiger charge is 2.22. The second-order valence-corrected chi connectivity index (χ2v) is 6.46. The number of phenols is 2. The Kier molecular flexibility index (Phi) is 4.10. The minimum atomic E-state index is -0.0870. The van der Waals surface area contributed by atoms with Crippen LogP contribution < -0.4 is 0 Å². The molecule has 2 N–H and O–H groups in total. The van der Waals surface area contributed by atoms with Gasteiger partial charge in [0.15, 0.2) is 0 Å².